The van der Waals surface area contributed by atoms with E-state index in [2.05, 4.69) is 15.1 Å². The fourth-order valence-electron chi connectivity index (χ4n) is 2.26. The summed E-state index contributed by atoms with van der Waals surface area (Å²) in [5, 5.41) is 4.32. The minimum atomic E-state index is -0.160. The lowest BCUT2D eigenvalue weighted by Gasteiger charge is -2.08. The number of imidazole rings is 1. The molecule has 2 heterocycles. The molecular weight excluding hydrogens is 254 g/mol. The second-order valence-electron chi connectivity index (χ2n) is 4.74. The van der Waals surface area contributed by atoms with Gasteiger partial charge in [0.05, 0.1) is 16.7 Å². The van der Waals surface area contributed by atoms with Gasteiger partial charge >= 0.3 is 0 Å². The lowest BCUT2D eigenvalue weighted by Crippen LogP contribution is -2.21. The van der Waals surface area contributed by atoms with E-state index in [9.17, 15) is 4.79 Å². The maximum Gasteiger partial charge on any atom is 0.266 e. The maximum absolute atomic E-state index is 11.6. The lowest BCUT2D eigenvalue weighted by molar-refractivity contribution is 0.704. The molecule has 0 unspecified atom stereocenters. The molecule has 0 bridgehead atoms. The number of benzene rings is 1. The molecular formula is C14H15N5O. The molecule has 3 rings (SSSR count). The Labute approximate surface area is 115 Å². The highest BCUT2D eigenvalue weighted by molar-refractivity contribution is 5.81. The zero-order chi connectivity index (χ0) is 14.3. The van der Waals surface area contributed by atoms with Crippen molar-refractivity contribution in [3.63, 3.8) is 0 Å². The van der Waals surface area contributed by atoms with Gasteiger partial charge in [0.25, 0.3) is 5.56 Å². The van der Waals surface area contributed by atoms with Crippen molar-refractivity contribution in [3.05, 3.63) is 46.0 Å². The summed E-state index contributed by atoms with van der Waals surface area (Å²) in [6, 6.07) is 7.38. The number of nitrogens with zero attached hydrogens (tertiary/aromatic N) is 3. The van der Waals surface area contributed by atoms with Gasteiger partial charge in [0, 0.05) is 25.2 Å². The van der Waals surface area contributed by atoms with E-state index in [1.54, 1.807) is 7.05 Å². The first kappa shape index (κ1) is 12.6. The maximum atomic E-state index is 11.6. The van der Waals surface area contributed by atoms with Crippen LogP contribution >= 0.6 is 0 Å². The van der Waals surface area contributed by atoms with E-state index >= 15 is 0 Å². The Bertz CT molecular complexity index is 846. The number of aromatic amines is 1. The lowest BCUT2D eigenvalue weighted by atomic mass is 10.1. The van der Waals surface area contributed by atoms with Gasteiger partial charge in [-0.25, -0.2) is 9.67 Å². The monoisotopic (exact) mass is 269 g/mol. The third-order valence-electron chi connectivity index (χ3n) is 3.26. The Morgan fingerprint density at radius 2 is 2.15 bits per heavy atom. The van der Waals surface area contributed by atoms with Crippen molar-refractivity contribution in [2.24, 2.45) is 12.8 Å². The smallest absolute Gasteiger partial charge is 0.266 e. The van der Waals surface area contributed by atoms with Gasteiger partial charge in [0.1, 0.15) is 5.82 Å². The molecule has 0 aliphatic carbocycles. The normalized spacial score (nSPS) is 11.2. The van der Waals surface area contributed by atoms with E-state index in [4.69, 9.17) is 5.73 Å². The predicted molar refractivity (Wildman–Crippen MR) is 77.2 cm³/mol. The Morgan fingerprint density at radius 1 is 1.35 bits per heavy atom. The second-order valence-corrected chi connectivity index (χ2v) is 4.74. The third-order valence-corrected chi connectivity index (χ3v) is 3.26. The molecule has 0 saturated heterocycles. The SMILES string of the molecule is Cc1nc2ccc(-c3nn(C)c(=O)cc3CN)cc2[nH]1. The highest BCUT2D eigenvalue weighted by Crippen LogP contribution is 2.23. The number of nitrogens with two attached hydrogens (primary N) is 1. The fraction of sp³-hybridized carbons (Fsp3) is 0.214. The number of fused-ring (bicyclic) bond motifs is 1. The van der Waals surface area contributed by atoms with Crippen molar-refractivity contribution < 1.29 is 0 Å². The molecule has 6 nitrogen and oxygen atoms in total. The number of hydrogen-bond acceptors (Lipinski definition) is 4. The van der Waals surface area contributed by atoms with Crippen molar-refractivity contribution in [1.82, 2.24) is 19.7 Å². The van der Waals surface area contributed by atoms with Crippen LogP contribution in [-0.4, -0.2) is 19.7 Å². The van der Waals surface area contributed by atoms with Crippen LogP contribution in [0.4, 0.5) is 0 Å². The van der Waals surface area contributed by atoms with Crippen molar-refractivity contribution in [2.75, 3.05) is 0 Å². The Morgan fingerprint density at radius 3 is 2.90 bits per heavy atom. The first-order chi connectivity index (χ1) is 9.58. The summed E-state index contributed by atoms with van der Waals surface area (Å²) in [5.74, 6) is 0.865. The number of rotatable bonds is 2. The molecule has 2 aromatic heterocycles. The average molecular weight is 269 g/mol. The van der Waals surface area contributed by atoms with E-state index in [1.807, 2.05) is 25.1 Å². The number of aryl methyl sites for hydroxylation is 2. The van der Waals surface area contributed by atoms with Crippen LogP contribution in [0.25, 0.3) is 22.3 Å². The zero-order valence-corrected chi connectivity index (χ0v) is 11.3. The molecule has 1 aromatic carbocycles. The topological polar surface area (TPSA) is 89.6 Å². The van der Waals surface area contributed by atoms with Gasteiger partial charge in [0.2, 0.25) is 0 Å². The highest BCUT2D eigenvalue weighted by Gasteiger charge is 2.10. The molecule has 0 fully saturated rings. The number of aromatic nitrogens is 4. The van der Waals surface area contributed by atoms with Crippen LogP contribution in [-0.2, 0) is 13.6 Å². The summed E-state index contributed by atoms with van der Waals surface area (Å²) in [4.78, 5) is 19.2. The van der Waals surface area contributed by atoms with E-state index in [0.717, 1.165) is 33.7 Å². The van der Waals surface area contributed by atoms with E-state index < -0.39 is 0 Å². The van der Waals surface area contributed by atoms with Gasteiger partial charge in [-0.3, -0.25) is 4.79 Å². The summed E-state index contributed by atoms with van der Waals surface area (Å²) in [6.07, 6.45) is 0. The van der Waals surface area contributed by atoms with Crippen LogP contribution in [0.3, 0.4) is 0 Å². The first-order valence-corrected chi connectivity index (χ1v) is 6.32. The molecule has 0 atom stereocenters. The quantitative estimate of drug-likeness (QED) is 0.728. The molecule has 0 spiro atoms. The molecule has 3 aromatic rings. The molecule has 0 aliphatic heterocycles. The number of H-pyrrole nitrogens is 1. The van der Waals surface area contributed by atoms with Gasteiger partial charge < -0.3 is 10.7 Å². The molecule has 102 valence electrons. The number of hydrogen-bond donors (Lipinski definition) is 2. The second kappa shape index (κ2) is 4.57. The van der Waals surface area contributed by atoms with Crippen LogP contribution in [0.2, 0.25) is 0 Å². The molecule has 3 N–H and O–H groups in total. The Hall–Kier alpha value is -2.47. The van der Waals surface area contributed by atoms with Gasteiger partial charge in [-0.1, -0.05) is 6.07 Å². The van der Waals surface area contributed by atoms with Crippen LogP contribution in [0, 0.1) is 6.92 Å². The third kappa shape index (κ3) is 2.00. The summed E-state index contributed by atoms with van der Waals surface area (Å²) in [6.45, 7) is 2.19. The predicted octanol–water partition coefficient (Wildman–Crippen LogP) is 1.09. The van der Waals surface area contributed by atoms with Gasteiger partial charge in [-0.2, -0.15) is 5.10 Å². The van der Waals surface area contributed by atoms with Crippen molar-refractivity contribution >= 4 is 11.0 Å². The van der Waals surface area contributed by atoms with Gasteiger partial charge in [-0.15, -0.1) is 0 Å². The Kier molecular flexibility index (Phi) is 2.87. The molecule has 20 heavy (non-hydrogen) atoms. The zero-order valence-electron chi connectivity index (χ0n) is 11.3. The van der Waals surface area contributed by atoms with Crippen LogP contribution in [0.15, 0.2) is 29.1 Å². The Balaban J connectivity index is 2.23. The first-order valence-electron chi connectivity index (χ1n) is 6.32. The van der Waals surface area contributed by atoms with Crippen LogP contribution in [0.5, 0.6) is 0 Å². The number of nitrogens with one attached hydrogen (secondary N) is 1. The van der Waals surface area contributed by atoms with Crippen LogP contribution in [0.1, 0.15) is 11.4 Å². The van der Waals surface area contributed by atoms with Crippen molar-refractivity contribution in [3.8, 4) is 11.3 Å². The minimum Gasteiger partial charge on any atom is -0.342 e. The molecule has 0 amide bonds. The van der Waals surface area contributed by atoms with Gasteiger partial charge in [-0.05, 0) is 24.6 Å². The van der Waals surface area contributed by atoms with Crippen molar-refractivity contribution in [1.29, 1.82) is 0 Å². The van der Waals surface area contributed by atoms with E-state index in [0.29, 0.717) is 0 Å². The highest BCUT2D eigenvalue weighted by atomic mass is 16.1. The largest absolute Gasteiger partial charge is 0.342 e. The standard InChI is InChI=1S/C14H15N5O/c1-8-16-11-4-3-9(5-12(11)17-8)14-10(7-15)6-13(20)19(2)18-14/h3-6H,7,15H2,1-2H3,(H,16,17). The molecule has 0 aliphatic rings. The van der Waals surface area contributed by atoms with Gasteiger partial charge in [0.15, 0.2) is 0 Å². The molecule has 0 saturated carbocycles. The van der Waals surface area contributed by atoms with E-state index in [-0.39, 0.29) is 12.1 Å². The summed E-state index contributed by atoms with van der Waals surface area (Å²) in [7, 11) is 1.63. The summed E-state index contributed by atoms with van der Waals surface area (Å²) >= 11 is 0. The summed E-state index contributed by atoms with van der Waals surface area (Å²) < 4.78 is 1.32. The summed E-state index contributed by atoms with van der Waals surface area (Å²) in [5.41, 5.74) is 9.79. The van der Waals surface area contributed by atoms with Crippen LogP contribution < -0.4 is 11.3 Å². The average Bonchev–Trinajstić information content (AvgIpc) is 2.80. The fourth-order valence-corrected chi connectivity index (χ4v) is 2.26. The van der Waals surface area contributed by atoms with E-state index in [1.165, 1.54) is 10.7 Å². The molecule has 0 radical (unpaired) electrons. The molecule has 6 heteroatoms. The van der Waals surface area contributed by atoms with Crippen molar-refractivity contribution in [2.45, 2.75) is 13.5 Å². The minimum absolute atomic E-state index is 0.160.